The maximum Gasteiger partial charge on any atom is 0.268 e. The van der Waals surface area contributed by atoms with E-state index in [0.29, 0.717) is 21.9 Å². The van der Waals surface area contributed by atoms with Crippen molar-refractivity contribution in [3.63, 3.8) is 0 Å². The van der Waals surface area contributed by atoms with Crippen molar-refractivity contribution in [3.8, 4) is 0 Å². The Labute approximate surface area is 169 Å². The van der Waals surface area contributed by atoms with E-state index in [0.717, 1.165) is 30.9 Å². The van der Waals surface area contributed by atoms with Gasteiger partial charge >= 0.3 is 0 Å². The number of hydrazine groups is 1. The van der Waals surface area contributed by atoms with Gasteiger partial charge in [-0.15, -0.1) is 11.6 Å². The van der Waals surface area contributed by atoms with Crippen LogP contribution in [0.3, 0.4) is 0 Å². The van der Waals surface area contributed by atoms with Crippen LogP contribution in [0.25, 0.3) is 0 Å². The highest BCUT2D eigenvalue weighted by atomic mass is 35.5. The Morgan fingerprint density at radius 1 is 1.08 bits per heavy atom. The average molecular weight is 414 g/mol. The summed E-state index contributed by atoms with van der Waals surface area (Å²) in [6.45, 7) is 3.92. The van der Waals surface area contributed by atoms with Crippen LogP contribution in [0.1, 0.15) is 46.0 Å². The molecule has 2 atom stereocenters. The minimum Gasteiger partial charge on any atom is -0.270 e. The van der Waals surface area contributed by atoms with Crippen LogP contribution in [0, 0.1) is 17.8 Å². The zero-order chi connectivity index (χ0) is 18.4. The van der Waals surface area contributed by atoms with E-state index in [-0.39, 0.29) is 16.8 Å². The summed E-state index contributed by atoms with van der Waals surface area (Å²) in [5, 5.41) is 5.10. The molecule has 6 heteroatoms. The summed E-state index contributed by atoms with van der Waals surface area (Å²) in [4.78, 5) is 13.1. The monoisotopic (exact) mass is 412 g/mol. The van der Waals surface area contributed by atoms with Crippen molar-refractivity contribution in [2.75, 3.05) is 5.01 Å². The highest BCUT2D eigenvalue weighted by Crippen LogP contribution is 2.61. The molecule has 4 bridgehead atoms. The van der Waals surface area contributed by atoms with E-state index in [1.54, 1.807) is 6.07 Å². The Hall–Kier alpha value is -0.640. The lowest BCUT2D eigenvalue weighted by Gasteiger charge is -2.67. The molecule has 26 heavy (non-hydrogen) atoms. The highest BCUT2D eigenvalue weighted by molar-refractivity contribution is 6.43. The molecule has 5 aliphatic rings. The quantitative estimate of drug-likeness (QED) is 0.596. The first-order chi connectivity index (χ1) is 12.2. The van der Waals surface area contributed by atoms with Gasteiger partial charge in [0, 0.05) is 4.87 Å². The van der Waals surface area contributed by atoms with Gasteiger partial charge in [0.05, 0.1) is 21.8 Å². The highest BCUT2D eigenvalue weighted by Gasteiger charge is 2.63. The number of carbonyl (C=O) groups excluding carboxylic acids is 1. The zero-order valence-electron chi connectivity index (χ0n) is 15.0. The Morgan fingerprint density at radius 3 is 2.35 bits per heavy atom. The average Bonchev–Trinajstić information content (AvgIpc) is 2.55. The van der Waals surface area contributed by atoms with Gasteiger partial charge in [-0.25, -0.2) is 5.01 Å². The normalized spacial score (nSPS) is 40.1. The molecule has 0 aromatic heterocycles. The lowest BCUT2D eigenvalue weighted by molar-refractivity contribution is -0.169. The summed E-state index contributed by atoms with van der Waals surface area (Å²) in [6.07, 6.45) is 5.58. The van der Waals surface area contributed by atoms with E-state index < -0.39 is 5.54 Å². The van der Waals surface area contributed by atoms with E-state index >= 15 is 0 Å². The van der Waals surface area contributed by atoms with Gasteiger partial charge < -0.3 is 0 Å². The van der Waals surface area contributed by atoms with Gasteiger partial charge in [0.25, 0.3) is 5.91 Å². The molecule has 1 amide bonds. The van der Waals surface area contributed by atoms with E-state index in [4.69, 9.17) is 34.8 Å². The minimum absolute atomic E-state index is 0.0328. The number of hydrogen-bond acceptors (Lipinski definition) is 2. The molecule has 1 aromatic carbocycles. The number of anilines is 1. The Bertz CT molecular complexity index is 779. The molecule has 0 spiro atoms. The molecule has 1 heterocycles. The van der Waals surface area contributed by atoms with Gasteiger partial charge in [-0.2, -0.15) is 0 Å². The van der Waals surface area contributed by atoms with Crippen molar-refractivity contribution < 1.29 is 4.79 Å². The molecule has 1 aromatic rings. The maximum absolute atomic E-state index is 13.1. The second-order valence-electron chi connectivity index (χ2n) is 9.20. The number of nitrogens with zero attached hydrogens (tertiary/aromatic N) is 2. The van der Waals surface area contributed by atoms with Crippen molar-refractivity contribution >= 4 is 46.4 Å². The molecule has 4 aliphatic carbocycles. The zero-order valence-corrected chi connectivity index (χ0v) is 17.3. The van der Waals surface area contributed by atoms with Gasteiger partial charge in [0.15, 0.2) is 0 Å². The maximum atomic E-state index is 13.1. The molecule has 3 nitrogen and oxygen atoms in total. The summed E-state index contributed by atoms with van der Waals surface area (Å²) in [7, 11) is 0. The number of carbonyl (C=O) groups is 1. The fourth-order valence-electron chi connectivity index (χ4n) is 6.33. The van der Waals surface area contributed by atoms with Crippen LogP contribution in [-0.4, -0.2) is 27.4 Å². The topological polar surface area (TPSA) is 23.6 Å². The van der Waals surface area contributed by atoms with Crippen LogP contribution in [0.5, 0.6) is 0 Å². The minimum atomic E-state index is -0.609. The molecule has 0 N–H and O–H groups in total. The largest absolute Gasteiger partial charge is 0.270 e. The van der Waals surface area contributed by atoms with Crippen LogP contribution in [-0.2, 0) is 4.79 Å². The second kappa shape index (κ2) is 5.46. The van der Waals surface area contributed by atoms with Gasteiger partial charge in [-0.05, 0) is 75.8 Å². The van der Waals surface area contributed by atoms with E-state index in [1.807, 2.05) is 31.0 Å². The predicted molar refractivity (Wildman–Crippen MR) is 106 cm³/mol. The molecule has 6 rings (SSSR count). The third-order valence-electron chi connectivity index (χ3n) is 7.07. The fourth-order valence-corrected chi connectivity index (χ4v) is 7.32. The number of hydrogen-bond donors (Lipinski definition) is 0. The van der Waals surface area contributed by atoms with E-state index in [9.17, 15) is 4.79 Å². The standard InChI is InChI=1S/C20H23Cl3N2O/c1-19(2)18(26)24(25(19)15-5-3-4-14(21)16(15)22)17-12-6-11-7-13(17)10-20(23,8-11)9-12/h3-5,11-13,17H,6-10H2,1-2H3. The van der Waals surface area contributed by atoms with Gasteiger partial charge in [0.1, 0.15) is 5.54 Å². The van der Waals surface area contributed by atoms with Crippen molar-refractivity contribution in [1.82, 2.24) is 5.01 Å². The van der Waals surface area contributed by atoms with Crippen LogP contribution >= 0.6 is 34.8 Å². The molecule has 4 saturated carbocycles. The number of rotatable bonds is 2. The summed E-state index contributed by atoms with van der Waals surface area (Å²) in [5.41, 5.74) is 0.208. The summed E-state index contributed by atoms with van der Waals surface area (Å²) < 4.78 is 0. The number of alkyl halides is 1. The number of benzene rings is 1. The Morgan fingerprint density at radius 2 is 1.73 bits per heavy atom. The van der Waals surface area contributed by atoms with Crippen molar-refractivity contribution in [1.29, 1.82) is 0 Å². The van der Waals surface area contributed by atoms with Crippen LogP contribution in [0.2, 0.25) is 10.0 Å². The van der Waals surface area contributed by atoms with Crippen molar-refractivity contribution in [2.24, 2.45) is 17.8 Å². The smallest absolute Gasteiger partial charge is 0.268 e. The summed E-state index contributed by atoms with van der Waals surface area (Å²) >= 11 is 19.7. The third kappa shape index (κ3) is 2.23. The lowest BCUT2D eigenvalue weighted by Crippen LogP contribution is -2.80. The lowest BCUT2D eigenvalue weighted by atomic mass is 9.53. The number of amides is 1. The van der Waals surface area contributed by atoms with Crippen LogP contribution < -0.4 is 5.01 Å². The molecule has 1 saturated heterocycles. The fraction of sp³-hybridized carbons (Fsp3) is 0.650. The van der Waals surface area contributed by atoms with Crippen molar-refractivity contribution in [2.45, 2.75) is 62.4 Å². The first-order valence-corrected chi connectivity index (χ1v) is 10.6. The molecule has 5 fully saturated rings. The Balaban J connectivity index is 1.54. The summed E-state index contributed by atoms with van der Waals surface area (Å²) in [5.74, 6) is 1.88. The SMILES string of the molecule is CC1(C)C(=O)N(C2C3CC4CC2CC(Cl)(C4)C3)N1c1cccc(Cl)c1Cl. The van der Waals surface area contributed by atoms with Crippen LogP contribution in [0.15, 0.2) is 18.2 Å². The first-order valence-electron chi connectivity index (χ1n) is 9.48. The van der Waals surface area contributed by atoms with Gasteiger partial charge in [0.2, 0.25) is 0 Å². The molecule has 2 unspecified atom stereocenters. The van der Waals surface area contributed by atoms with E-state index in [1.165, 1.54) is 12.8 Å². The molecule has 140 valence electrons. The Kier molecular flexibility index (Phi) is 3.66. The first kappa shape index (κ1) is 17.5. The van der Waals surface area contributed by atoms with E-state index in [2.05, 4.69) is 5.01 Å². The molecule has 0 radical (unpaired) electrons. The molecule has 1 aliphatic heterocycles. The third-order valence-corrected chi connectivity index (χ3v) is 8.34. The van der Waals surface area contributed by atoms with Gasteiger partial charge in [-0.1, -0.05) is 29.3 Å². The summed E-state index contributed by atoms with van der Waals surface area (Å²) in [6, 6.07) is 5.86. The van der Waals surface area contributed by atoms with Crippen molar-refractivity contribution in [3.05, 3.63) is 28.2 Å². The molecular weight excluding hydrogens is 391 g/mol. The van der Waals surface area contributed by atoms with Crippen LogP contribution in [0.4, 0.5) is 5.69 Å². The predicted octanol–water partition coefficient (Wildman–Crippen LogP) is 5.52. The molecular formula is C20H23Cl3N2O. The second-order valence-corrected chi connectivity index (χ2v) is 10.8. The van der Waals surface area contributed by atoms with Gasteiger partial charge in [-0.3, -0.25) is 9.80 Å². The number of halogens is 3.